The monoisotopic (exact) mass is 208 g/mol. The van der Waals surface area contributed by atoms with Gasteiger partial charge in [0.05, 0.1) is 14.3 Å². The lowest BCUT2D eigenvalue weighted by atomic mass is 10.7. The van der Waals surface area contributed by atoms with Crippen LogP contribution in [-0.4, -0.2) is 16.8 Å². The Labute approximate surface area is 77.2 Å². The number of aliphatic carboxylic acids is 1. The molecule has 11 heavy (non-hydrogen) atoms. The second-order valence-electron chi connectivity index (χ2n) is 1.74. The number of rotatable bonds is 3. The van der Waals surface area contributed by atoms with E-state index in [1.165, 1.54) is 23.1 Å². The van der Waals surface area contributed by atoms with Crippen LogP contribution in [0.5, 0.6) is 0 Å². The predicted octanol–water partition coefficient (Wildman–Crippen LogP) is 2.58. The van der Waals surface area contributed by atoms with Gasteiger partial charge in [0.25, 0.3) is 0 Å². The first-order valence-corrected chi connectivity index (χ1v) is 4.96. The van der Waals surface area contributed by atoms with Crippen LogP contribution in [0.3, 0.4) is 0 Å². The maximum Gasteiger partial charge on any atom is 0.313 e. The largest absolute Gasteiger partial charge is 0.481 e. The molecule has 1 aromatic heterocycles. The van der Waals surface area contributed by atoms with Crippen molar-refractivity contribution in [2.75, 3.05) is 5.75 Å². The second kappa shape index (κ2) is 3.99. The van der Waals surface area contributed by atoms with Crippen molar-refractivity contribution in [1.29, 1.82) is 0 Å². The lowest BCUT2D eigenvalue weighted by Gasteiger charge is -1.89. The Hall–Kier alpha value is -0.190. The molecule has 0 aliphatic heterocycles. The van der Waals surface area contributed by atoms with Gasteiger partial charge in [0.2, 0.25) is 0 Å². The molecule has 1 rings (SSSR count). The molecule has 0 aliphatic rings. The molecule has 0 atom stereocenters. The van der Waals surface area contributed by atoms with Gasteiger partial charge in [0, 0.05) is 0 Å². The van der Waals surface area contributed by atoms with Gasteiger partial charge in [0.15, 0.2) is 0 Å². The number of carboxylic acids is 1. The molecule has 0 amide bonds. The summed E-state index contributed by atoms with van der Waals surface area (Å²) in [5.41, 5.74) is 0. The third-order valence-electron chi connectivity index (χ3n) is 0.886. The molecular weight excluding hydrogens is 204 g/mol. The molecule has 2 nitrogen and oxygen atoms in total. The summed E-state index contributed by atoms with van der Waals surface area (Å²) in [6.45, 7) is 0. The Morgan fingerprint density at radius 3 is 2.91 bits per heavy atom. The van der Waals surface area contributed by atoms with Crippen LogP contribution >= 0.6 is 34.7 Å². The van der Waals surface area contributed by atoms with E-state index >= 15 is 0 Å². The van der Waals surface area contributed by atoms with Gasteiger partial charge >= 0.3 is 5.97 Å². The van der Waals surface area contributed by atoms with Gasteiger partial charge in [-0.25, -0.2) is 0 Å². The van der Waals surface area contributed by atoms with Crippen molar-refractivity contribution in [3.05, 3.63) is 16.5 Å². The van der Waals surface area contributed by atoms with Crippen LogP contribution in [-0.2, 0) is 4.79 Å². The van der Waals surface area contributed by atoms with Gasteiger partial charge < -0.3 is 5.11 Å². The van der Waals surface area contributed by atoms with Crippen molar-refractivity contribution in [1.82, 2.24) is 0 Å². The third-order valence-corrected chi connectivity index (χ3v) is 3.33. The highest BCUT2D eigenvalue weighted by atomic mass is 35.5. The summed E-state index contributed by atoms with van der Waals surface area (Å²) < 4.78 is 1.63. The quantitative estimate of drug-likeness (QED) is 0.776. The molecule has 0 radical (unpaired) electrons. The first-order valence-electron chi connectivity index (χ1n) is 2.78. The number of halogens is 1. The number of hydrogen-bond donors (Lipinski definition) is 1. The van der Waals surface area contributed by atoms with Crippen molar-refractivity contribution in [2.45, 2.75) is 4.21 Å². The highest BCUT2D eigenvalue weighted by molar-refractivity contribution is 8.01. The van der Waals surface area contributed by atoms with Gasteiger partial charge in [-0.05, 0) is 12.1 Å². The normalized spacial score (nSPS) is 9.91. The Morgan fingerprint density at radius 1 is 1.73 bits per heavy atom. The predicted molar refractivity (Wildman–Crippen MR) is 47.7 cm³/mol. The van der Waals surface area contributed by atoms with Crippen molar-refractivity contribution in [2.24, 2.45) is 0 Å². The Morgan fingerprint density at radius 2 is 2.45 bits per heavy atom. The van der Waals surface area contributed by atoms with E-state index in [0.717, 1.165) is 4.21 Å². The summed E-state index contributed by atoms with van der Waals surface area (Å²) in [5, 5.41) is 8.33. The van der Waals surface area contributed by atoms with Gasteiger partial charge in [-0.1, -0.05) is 11.6 Å². The van der Waals surface area contributed by atoms with E-state index in [9.17, 15) is 4.79 Å². The summed E-state index contributed by atoms with van der Waals surface area (Å²) in [7, 11) is 0. The topological polar surface area (TPSA) is 37.3 Å². The summed E-state index contributed by atoms with van der Waals surface area (Å²) in [6.07, 6.45) is 0. The third kappa shape index (κ3) is 3.14. The van der Waals surface area contributed by atoms with Crippen molar-refractivity contribution < 1.29 is 9.90 Å². The minimum absolute atomic E-state index is 0.0941. The molecule has 60 valence electrons. The van der Waals surface area contributed by atoms with E-state index in [-0.39, 0.29) is 5.75 Å². The second-order valence-corrected chi connectivity index (χ2v) is 4.73. The summed E-state index contributed by atoms with van der Waals surface area (Å²) in [4.78, 5) is 10.1. The first kappa shape index (κ1) is 8.90. The first-order chi connectivity index (χ1) is 5.18. The summed E-state index contributed by atoms with van der Waals surface area (Å²) >= 11 is 8.31. The molecule has 0 unspecified atom stereocenters. The van der Waals surface area contributed by atoms with Crippen molar-refractivity contribution >= 4 is 40.7 Å². The van der Waals surface area contributed by atoms with Crippen LogP contribution in [0.2, 0.25) is 4.34 Å². The molecule has 0 saturated heterocycles. The van der Waals surface area contributed by atoms with Gasteiger partial charge in [-0.3, -0.25) is 4.79 Å². The number of thiophene rings is 1. The molecule has 0 aliphatic carbocycles. The van der Waals surface area contributed by atoms with Crippen molar-refractivity contribution in [3.8, 4) is 0 Å². The van der Waals surface area contributed by atoms with Gasteiger partial charge in [-0.2, -0.15) is 0 Å². The Kier molecular flexibility index (Phi) is 3.23. The van der Waals surface area contributed by atoms with Crippen LogP contribution in [0.25, 0.3) is 0 Å². The standard InChI is InChI=1S/C6H5ClO2S2/c7-4-1-2-6(11-4)10-3-5(8)9/h1-2H,3H2,(H,8,9). The van der Waals surface area contributed by atoms with E-state index in [1.807, 2.05) is 6.07 Å². The molecule has 0 saturated carbocycles. The fourth-order valence-electron chi connectivity index (χ4n) is 0.508. The van der Waals surface area contributed by atoms with E-state index < -0.39 is 5.97 Å². The van der Waals surface area contributed by atoms with Gasteiger partial charge in [0.1, 0.15) is 0 Å². The fourth-order valence-corrected chi connectivity index (χ4v) is 2.53. The molecule has 1 aromatic rings. The zero-order chi connectivity index (χ0) is 8.27. The SMILES string of the molecule is O=C(O)CSc1ccc(Cl)s1. The molecule has 1 N–H and O–H groups in total. The van der Waals surface area contributed by atoms with Gasteiger partial charge in [-0.15, -0.1) is 23.1 Å². The molecule has 0 bridgehead atoms. The summed E-state index contributed by atoms with van der Waals surface area (Å²) in [6, 6.07) is 3.58. The summed E-state index contributed by atoms with van der Waals surface area (Å²) in [5.74, 6) is -0.712. The van der Waals surface area contributed by atoms with Crippen LogP contribution in [0, 0.1) is 0 Å². The van der Waals surface area contributed by atoms with E-state index in [4.69, 9.17) is 16.7 Å². The molecule has 0 fully saturated rings. The fraction of sp³-hybridized carbons (Fsp3) is 0.167. The van der Waals surface area contributed by atoms with Crippen LogP contribution in [0.1, 0.15) is 0 Å². The Bertz CT molecular complexity index is 259. The van der Waals surface area contributed by atoms with Crippen molar-refractivity contribution in [3.63, 3.8) is 0 Å². The molecule has 0 spiro atoms. The minimum atomic E-state index is -0.806. The number of carbonyl (C=O) groups is 1. The minimum Gasteiger partial charge on any atom is -0.481 e. The van der Waals surface area contributed by atoms with E-state index in [2.05, 4.69) is 0 Å². The van der Waals surface area contributed by atoms with E-state index in [1.54, 1.807) is 6.07 Å². The number of hydrogen-bond acceptors (Lipinski definition) is 3. The maximum absolute atomic E-state index is 10.1. The molecular formula is C6H5ClO2S2. The van der Waals surface area contributed by atoms with E-state index in [0.29, 0.717) is 4.34 Å². The smallest absolute Gasteiger partial charge is 0.313 e. The van der Waals surface area contributed by atoms with Crippen LogP contribution < -0.4 is 0 Å². The average Bonchev–Trinajstić information content (AvgIpc) is 2.31. The van der Waals surface area contributed by atoms with Crippen LogP contribution in [0.4, 0.5) is 0 Å². The molecule has 0 aromatic carbocycles. The highest BCUT2D eigenvalue weighted by Gasteiger charge is 2.01. The Balaban J connectivity index is 2.45. The molecule has 1 heterocycles. The zero-order valence-electron chi connectivity index (χ0n) is 5.41. The number of thioether (sulfide) groups is 1. The lowest BCUT2D eigenvalue weighted by Crippen LogP contribution is -1.96. The molecule has 5 heteroatoms. The zero-order valence-corrected chi connectivity index (χ0v) is 7.80. The highest BCUT2D eigenvalue weighted by Crippen LogP contribution is 2.29. The average molecular weight is 209 g/mol. The number of carboxylic acid groups (broad SMARTS) is 1. The maximum atomic E-state index is 10.1. The lowest BCUT2D eigenvalue weighted by molar-refractivity contribution is -0.133. The van der Waals surface area contributed by atoms with Crippen LogP contribution in [0.15, 0.2) is 16.3 Å².